The molecule has 4 nitrogen and oxygen atoms in total. The second-order valence-electron chi connectivity index (χ2n) is 5.37. The van der Waals surface area contributed by atoms with Crippen LogP contribution in [0, 0.1) is 0 Å². The van der Waals surface area contributed by atoms with Crippen LogP contribution in [0.25, 0.3) is 11.1 Å². The largest absolute Gasteiger partial charge is 0.395 e. The molecular formula is C19H23NO3S. The summed E-state index contributed by atoms with van der Waals surface area (Å²) < 4.78 is 0. The molecule has 128 valence electrons. The molecule has 0 saturated carbocycles. The summed E-state index contributed by atoms with van der Waals surface area (Å²) in [6.45, 7) is 2.21. The van der Waals surface area contributed by atoms with E-state index in [-0.39, 0.29) is 13.2 Å². The lowest BCUT2D eigenvalue weighted by Crippen LogP contribution is -2.31. The van der Waals surface area contributed by atoms with Crippen LogP contribution >= 0.6 is 11.8 Å². The first-order chi connectivity index (χ1) is 11.8. The van der Waals surface area contributed by atoms with Crippen LogP contribution in [-0.2, 0) is 0 Å². The van der Waals surface area contributed by atoms with E-state index in [1.165, 1.54) is 0 Å². The highest BCUT2D eigenvalue weighted by Gasteiger charge is 2.05. The van der Waals surface area contributed by atoms with Gasteiger partial charge in [0.1, 0.15) is 0 Å². The minimum absolute atomic E-state index is 0.107. The van der Waals surface area contributed by atoms with Gasteiger partial charge in [0.25, 0.3) is 0 Å². The minimum atomic E-state index is 0.107. The third kappa shape index (κ3) is 5.46. The fourth-order valence-corrected chi connectivity index (χ4v) is 3.42. The Hall–Kier alpha value is -1.66. The molecule has 24 heavy (non-hydrogen) atoms. The van der Waals surface area contributed by atoms with E-state index >= 15 is 0 Å². The number of nitrogens with zero attached hydrogens (tertiary/aromatic N) is 1. The molecule has 0 radical (unpaired) electrons. The van der Waals surface area contributed by atoms with Gasteiger partial charge in [-0.1, -0.05) is 36.4 Å². The number of thioether (sulfide) groups is 1. The smallest absolute Gasteiger partial charge is 0.150 e. The molecule has 0 unspecified atom stereocenters. The highest BCUT2D eigenvalue weighted by atomic mass is 32.2. The van der Waals surface area contributed by atoms with E-state index in [9.17, 15) is 4.79 Å². The maximum atomic E-state index is 11.1. The summed E-state index contributed by atoms with van der Waals surface area (Å²) in [7, 11) is 0. The zero-order valence-corrected chi connectivity index (χ0v) is 14.4. The van der Waals surface area contributed by atoms with Crippen molar-refractivity contribution < 1.29 is 15.0 Å². The van der Waals surface area contributed by atoms with Gasteiger partial charge in [-0.05, 0) is 23.3 Å². The molecule has 2 N–H and O–H groups in total. The minimum Gasteiger partial charge on any atom is -0.395 e. The molecule has 0 aromatic heterocycles. The number of carbonyl (C=O) groups is 1. The van der Waals surface area contributed by atoms with Crippen LogP contribution in [0.3, 0.4) is 0 Å². The summed E-state index contributed by atoms with van der Waals surface area (Å²) in [4.78, 5) is 14.3. The average Bonchev–Trinajstić information content (AvgIpc) is 2.62. The third-order valence-corrected chi connectivity index (χ3v) is 4.75. The number of hydrogen-bond donors (Lipinski definition) is 2. The Morgan fingerprint density at radius 3 is 2.21 bits per heavy atom. The summed E-state index contributed by atoms with van der Waals surface area (Å²) in [5.74, 6) is 0.893. The van der Waals surface area contributed by atoms with Gasteiger partial charge >= 0.3 is 0 Å². The molecular weight excluding hydrogens is 322 g/mol. The van der Waals surface area contributed by atoms with Gasteiger partial charge in [0.2, 0.25) is 0 Å². The molecule has 0 bridgehead atoms. The van der Waals surface area contributed by atoms with Gasteiger partial charge in [0.15, 0.2) is 6.29 Å². The first kappa shape index (κ1) is 18.7. The molecule has 0 aliphatic heterocycles. The quantitative estimate of drug-likeness (QED) is 0.512. The molecule has 0 spiro atoms. The van der Waals surface area contributed by atoms with E-state index in [4.69, 9.17) is 10.2 Å². The number of benzene rings is 2. The zero-order chi connectivity index (χ0) is 17.2. The molecule has 0 heterocycles. The summed E-state index contributed by atoms with van der Waals surface area (Å²) >= 11 is 1.74. The molecule has 2 aromatic carbocycles. The van der Waals surface area contributed by atoms with Crippen molar-refractivity contribution in [3.8, 4) is 11.1 Å². The normalized spacial score (nSPS) is 11.0. The highest BCUT2D eigenvalue weighted by molar-refractivity contribution is 7.99. The van der Waals surface area contributed by atoms with Gasteiger partial charge in [-0.3, -0.25) is 9.69 Å². The molecule has 0 aliphatic carbocycles. The number of carbonyl (C=O) groups excluding carboxylic acids is 1. The van der Waals surface area contributed by atoms with Gasteiger partial charge in [0, 0.05) is 35.8 Å². The van der Waals surface area contributed by atoms with Crippen molar-refractivity contribution in [2.24, 2.45) is 0 Å². The second kappa shape index (κ2) is 10.3. The monoisotopic (exact) mass is 345 g/mol. The van der Waals surface area contributed by atoms with Crippen molar-refractivity contribution in [3.63, 3.8) is 0 Å². The van der Waals surface area contributed by atoms with Gasteiger partial charge in [-0.15, -0.1) is 11.8 Å². The van der Waals surface area contributed by atoms with Crippen molar-refractivity contribution in [1.29, 1.82) is 0 Å². The van der Waals surface area contributed by atoms with Gasteiger partial charge in [0.05, 0.1) is 13.2 Å². The Balaban J connectivity index is 1.93. The van der Waals surface area contributed by atoms with Crippen LogP contribution in [0.15, 0.2) is 53.4 Å². The van der Waals surface area contributed by atoms with Crippen LogP contribution < -0.4 is 0 Å². The van der Waals surface area contributed by atoms with Crippen LogP contribution in [0.4, 0.5) is 0 Å². The van der Waals surface area contributed by atoms with E-state index in [0.29, 0.717) is 18.7 Å². The van der Waals surface area contributed by atoms with E-state index in [2.05, 4.69) is 12.1 Å². The summed E-state index contributed by atoms with van der Waals surface area (Å²) in [6, 6.07) is 15.8. The second-order valence-corrected chi connectivity index (χ2v) is 6.54. The predicted octanol–water partition coefficient (Wildman–Crippen LogP) is 2.54. The van der Waals surface area contributed by atoms with Gasteiger partial charge in [-0.2, -0.15) is 0 Å². The number of aliphatic hydroxyl groups excluding tert-OH is 2. The molecule has 0 aliphatic rings. The Labute approximate surface area is 147 Å². The Morgan fingerprint density at radius 2 is 1.58 bits per heavy atom. The summed E-state index contributed by atoms with van der Waals surface area (Å²) in [5, 5.41) is 18.0. The lowest BCUT2D eigenvalue weighted by Gasteiger charge is -2.19. The van der Waals surface area contributed by atoms with Crippen LogP contribution in [-0.4, -0.2) is 60.0 Å². The topological polar surface area (TPSA) is 60.8 Å². The molecule has 0 amide bonds. The van der Waals surface area contributed by atoms with Crippen molar-refractivity contribution in [2.45, 2.75) is 4.90 Å². The first-order valence-electron chi connectivity index (χ1n) is 8.00. The number of rotatable bonds is 10. The lowest BCUT2D eigenvalue weighted by atomic mass is 10.0. The zero-order valence-electron chi connectivity index (χ0n) is 13.6. The van der Waals surface area contributed by atoms with Crippen molar-refractivity contribution in [1.82, 2.24) is 4.90 Å². The maximum absolute atomic E-state index is 11.1. The van der Waals surface area contributed by atoms with Crippen molar-refractivity contribution >= 4 is 18.0 Å². The number of aliphatic hydroxyl groups is 2. The predicted molar refractivity (Wildman–Crippen MR) is 98.6 cm³/mol. The van der Waals surface area contributed by atoms with E-state index in [1.807, 2.05) is 41.3 Å². The fraction of sp³-hybridized carbons (Fsp3) is 0.316. The van der Waals surface area contributed by atoms with Crippen molar-refractivity contribution in [3.05, 3.63) is 54.1 Å². The standard InChI is InChI=1S/C19H23NO3S/c21-12-9-20(10-13-22)11-14-24-18-7-5-16(6-8-18)19-4-2-1-3-17(19)15-23/h1-8,15,21-22H,9-14H2. The van der Waals surface area contributed by atoms with Gasteiger partial charge in [-0.25, -0.2) is 0 Å². The first-order valence-corrected chi connectivity index (χ1v) is 8.98. The molecule has 2 aromatic rings. The summed E-state index contributed by atoms with van der Waals surface area (Å²) in [6.07, 6.45) is 0.884. The van der Waals surface area contributed by atoms with E-state index < -0.39 is 0 Å². The SMILES string of the molecule is O=Cc1ccccc1-c1ccc(SCCN(CCO)CCO)cc1. The van der Waals surface area contributed by atoms with E-state index in [1.54, 1.807) is 11.8 Å². The third-order valence-electron chi connectivity index (χ3n) is 3.76. The van der Waals surface area contributed by atoms with Gasteiger partial charge < -0.3 is 10.2 Å². The Morgan fingerprint density at radius 1 is 0.917 bits per heavy atom. The van der Waals surface area contributed by atoms with Crippen LogP contribution in [0.5, 0.6) is 0 Å². The Bertz CT molecular complexity index is 625. The Kier molecular flexibility index (Phi) is 7.98. The highest BCUT2D eigenvalue weighted by Crippen LogP contribution is 2.26. The molecule has 5 heteroatoms. The fourth-order valence-electron chi connectivity index (χ4n) is 2.50. The molecule has 0 saturated heterocycles. The molecule has 0 fully saturated rings. The van der Waals surface area contributed by atoms with Crippen LogP contribution in [0.1, 0.15) is 10.4 Å². The molecule has 0 atom stereocenters. The molecule has 2 rings (SSSR count). The average molecular weight is 345 g/mol. The maximum Gasteiger partial charge on any atom is 0.150 e. The van der Waals surface area contributed by atoms with E-state index in [0.717, 1.165) is 34.6 Å². The van der Waals surface area contributed by atoms with Crippen molar-refractivity contribution in [2.75, 3.05) is 38.6 Å². The lowest BCUT2D eigenvalue weighted by molar-refractivity contribution is 0.112. The van der Waals surface area contributed by atoms with Crippen LogP contribution in [0.2, 0.25) is 0 Å². The number of hydrogen-bond acceptors (Lipinski definition) is 5. The summed E-state index contributed by atoms with van der Waals surface area (Å²) in [5.41, 5.74) is 2.67. The number of aldehydes is 1.